The zero-order valence-electron chi connectivity index (χ0n) is 10.3. The van der Waals surface area contributed by atoms with Crippen LogP contribution in [0.15, 0.2) is 46.9 Å². The number of carbonyl (C=O) groups is 1. The van der Waals surface area contributed by atoms with Crippen LogP contribution in [0.5, 0.6) is 5.75 Å². The van der Waals surface area contributed by atoms with E-state index in [9.17, 15) is 4.79 Å². The van der Waals surface area contributed by atoms with Crippen LogP contribution in [-0.2, 0) is 0 Å². The maximum absolute atomic E-state index is 11.9. The number of furan rings is 1. The van der Waals surface area contributed by atoms with Crippen molar-refractivity contribution in [2.75, 3.05) is 7.11 Å². The first-order valence-electron chi connectivity index (χ1n) is 5.62. The Kier molecular flexibility index (Phi) is 3.63. The molecule has 3 heteroatoms. The first kappa shape index (κ1) is 12.2. The van der Waals surface area contributed by atoms with Gasteiger partial charge in [-0.3, -0.25) is 4.79 Å². The molecule has 0 fully saturated rings. The molecule has 2 aromatic rings. The van der Waals surface area contributed by atoms with Crippen molar-refractivity contribution in [3.8, 4) is 5.75 Å². The minimum atomic E-state index is -0.0806. The second-order valence-corrected chi connectivity index (χ2v) is 3.88. The molecule has 0 aliphatic rings. The molecule has 0 atom stereocenters. The molecule has 0 radical (unpaired) electrons. The van der Waals surface area contributed by atoms with Crippen molar-refractivity contribution in [3.63, 3.8) is 0 Å². The fraction of sp³-hybridized carbons (Fsp3) is 0.133. The molecule has 0 N–H and O–H groups in total. The van der Waals surface area contributed by atoms with Gasteiger partial charge in [0.25, 0.3) is 0 Å². The molecule has 3 nitrogen and oxygen atoms in total. The minimum absolute atomic E-state index is 0.0806. The lowest BCUT2D eigenvalue weighted by Crippen LogP contribution is -1.94. The van der Waals surface area contributed by atoms with E-state index in [0.717, 1.165) is 5.76 Å². The molecule has 1 aromatic heterocycles. The summed E-state index contributed by atoms with van der Waals surface area (Å²) in [4.78, 5) is 11.9. The topological polar surface area (TPSA) is 39.4 Å². The maximum Gasteiger partial charge on any atom is 0.186 e. The molecule has 1 heterocycles. The van der Waals surface area contributed by atoms with Crippen molar-refractivity contribution in [1.82, 2.24) is 0 Å². The smallest absolute Gasteiger partial charge is 0.186 e. The maximum atomic E-state index is 11.9. The van der Waals surface area contributed by atoms with Gasteiger partial charge in [-0.15, -0.1) is 0 Å². The lowest BCUT2D eigenvalue weighted by Gasteiger charge is -2.00. The predicted molar refractivity (Wildman–Crippen MR) is 69.8 cm³/mol. The highest BCUT2D eigenvalue weighted by molar-refractivity contribution is 6.06. The summed E-state index contributed by atoms with van der Waals surface area (Å²) in [6.07, 6.45) is 3.15. The molecule has 0 aliphatic heterocycles. The lowest BCUT2D eigenvalue weighted by molar-refractivity contribution is 0.104. The fourth-order valence-corrected chi connectivity index (χ4v) is 1.57. The monoisotopic (exact) mass is 242 g/mol. The number of carbonyl (C=O) groups excluding carboxylic acids is 1. The summed E-state index contributed by atoms with van der Waals surface area (Å²) in [6, 6.07) is 10.7. The average molecular weight is 242 g/mol. The molecule has 0 amide bonds. The molecule has 0 saturated carbocycles. The van der Waals surface area contributed by atoms with Crippen molar-refractivity contribution >= 4 is 11.9 Å². The Morgan fingerprint density at radius 1 is 1.28 bits per heavy atom. The van der Waals surface area contributed by atoms with E-state index in [4.69, 9.17) is 9.15 Å². The third kappa shape index (κ3) is 2.88. The molecular formula is C15H14O3. The Labute approximate surface area is 106 Å². The van der Waals surface area contributed by atoms with Crippen LogP contribution >= 0.6 is 0 Å². The largest absolute Gasteiger partial charge is 0.497 e. The van der Waals surface area contributed by atoms with Crippen LogP contribution in [0, 0.1) is 6.92 Å². The van der Waals surface area contributed by atoms with Gasteiger partial charge in [-0.1, -0.05) is 12.1 Å². The van der Waals surface area contributed by atoms with Gasteiger partial charge < -0.3 is 9.15 Å². The van der Waals surface area contributed by atoms with Gasteiger partial charge in [0.05, 0.1) is 7.11 Å². The van der Waals surface area contributed by atoms with E-state index in [-0.39, 0.29) is 5.78 Å². The number of hydrogen-bond donors (Lipinski definition) is 0. The summed E-state index contributed by atoms with van der Waals surface area (Å²) in [6.45, 7) is 1.86. The van der Waals surface area contributed by atoms with E-state index < -0.39 is 0 Å². The van der Waals surface area contributed by atoms with Crippen LogP contribution < -0.4 is 4.74 Å². The van der Waals surface area contributed by atoms with Crippen molar-refractivity contribution in [3.05, 3.63) is 59.6 Å². The number of benzene rings is 1. The summed E-state index contributed by atoms with van der Waals surface area (Å²) in [5.74, 6) is 2.08. The van der Waals surface area contributed by atoms with E-state index in [0.29, 0.717) is 17.1 Å². The van der Waals surface area contributed by atoms with Gasteiger partial charge in [0.15, 0.2) is 5.78 Å². The summed E-state index contributed by atoms with van der Waals surface area (Å²) < 4.78 is 10.4. The van der Waals surface area contributed by atoms with Gasteiger partial charge in [0.2, 0.25) is 0 Å². The minimum Gasteiger partial charge on any atom is -0.497 e. The third-order valence-electron chi connectivity index (χ3n) is 2.51. The SMILES string of the molecule is COc1cccc(C(=O)/C=C/c2ccc(C)o2)c1. The summed E-state index contributed by atoms with van der Waals surface area (Å²) in [7, 11) is 1.57. The fourth-order valence-electron chi connectivity index (χ4n) is 1.57. The number of ether oxygens (including phenoxy) is 1. The van der Waals surface area contributed by atoms with Crippen LogP contribution in [0.25, 0.3) is 6.08 Å². The van der Waals surface area contributed by atoms with E-state index in [2.05, 4.69) is 0 Å². The third-order valence-corrected chi connectivity index (χ3v) is 2.51. The highest BCUT2D eigenvalue weighted by Gasteiger charge is 2.03. The summed E-state index contributed by atoms with van der Waals surface area (Å²) >= 11 is 0. The molecule has 18 heavy (non-hydrogen) atoms. The number of hydrogen-bond acceptors (Lipinski definition) is 3. The molecule has 0 bridgehead atoms. The van der Waals surface area contributed by atoms with E-state index in [1.54, 1.807) is 37.5 Å². The van der Waals surface area contributed by atoms with Crippen LogP contribution in [0.4, 0.5) is 0 Å². The zero-order chi connectivity index (χ0) is 13.0. The Morgan fingerprint density at radius 2 is 2.11 bits per heavy atom. The second-order valence-electron chi connectivity index (χ2n) is 3.88. The first-order chi connectivity index (χ1) is 8.69. The number of rotatable bonds is 4. The molecule has 0 saturated heterocycles. The van der Waals surface area contributed by atoms with Crippen molar-refractivity contribution < 1.29 is 13.9 Å². The molecule has 92 valence electrons. The van der Waals surface area contributed by atoms with Crippen molar-refractivity contribution in [2.45, 2.75) is 6.92 Å². The molecule has 2 rings (SSSR count). The van der Waals surface area contributed by atoms with Gasteiger partial charge in [-0.2, -0.15) is 0 Å². The Morgan fingerprint density at radius 3 is 2.78 bits per heavy atom. The Balaban J connectivity index is 2.14. The molecule has 1 aromatic carbocycles. The van der Waals surface area contributed by atoms with Crippen LogP contribution in [-0.4, -0.2) is 12.9 Å². The van der Waals surface area contributed by atoms with E-state index in [1.807, 2.05) is 19.1 Å². The van der Waals surface area contributed by atoms with Crippen LogP contribution in [0.3, 0.4) is 0 Å². The first-order valence-corrected chi connectivity index (χ1v) is 5.62. The van der Waals surface area contributed by atoms with Crippen LogP contribution in [0.1, 0.15) is 21.9 Å². The lowest BCUT2D eigenvalue weighted by atomic mass is 10.1. The van der Waals surface area contributed by atoms with Gasteiger partial charge in [0, 0.05) is 5.56 Å². The Bertz CT molecular complexity index is 579. The van der Waals surface area contributed by atoms with E-state index in [1.165, 1.54) is 6.08 Å². The Hall–Kier alpha value is -2.29. The van der Waals surface area contributed by atoms with Gasteiger partial charge in [-0.05, 0) is 43.3 Å². The molecular weight excluding hydrogens is 228 g/mol. The summed E-state index contributed by atoms with van der Waals surface area (Å²) in [5, 5.41) is 0. The highest BCUT2D eigenvalue weighted by Crippen LogP contribution is 2.14. The van der Waals surface area contributed by atoms with Gasteiger partial charge >= 0.3 is 0 Å². The second kappa shape index (κ2) is 5.36. The predicted octanol–water partition coefficient (Wildman–Crippen LogP) is 3.49. The standard InChI is InChI=1S/C15H14O3/c1-11-6-7-13(18-11)8-9-15(16)12-4-3-5-14(10-12)17-2/h3-10H,1-2H3/b9-8+. The van der Waals surface area contributed by atoms with Gasteiger partial charge in [0.1, 0.15) is 17.3 Å². The number of methoxy groups -OCH3 is 1. The molecule has 0 aliphatic carbocycles. The quantitative estimate of drug-likeness (QED) is 0.608. The molecule has 0 unspecified atom stereocenters. The normalized spacial score (nSPS) is 10.8. The van der Waals surface area contributed by atoms with Gasteiger partial charge in [-0.25, -0.2) is 0 Å². The average Bonchev–Trinajstić information content (AvgIpc) is 2.82. The van der Waals surface area contributed by atoms with Crippen LogP contribution in [0.2, 0.25) is 0 Å². The molecule has 0 spiro atoms. The number of allylic oxidation sites excluding steroid dienone is 1. The summed E-state index contributed by atoms with van der Waals surface area (Å²) in [5.41, 5.74) is 0.592. The highest BCUT2D eigenvalue weighted by atomic mass is 16.5. The number of ketones is 1. The number of aryl methyl sites for hydroxylation is 1. The van der Waals surface area contributed by atoms with Crippen molar-refractivity contribution in [2.24, 2.45) is 0 Å². The van der Waals surface area contributed by atoms with E-state index >= 15 is 0 Å². The zero-order valence-corrected chi connectivity index (χ0v) is 10.3. The van der Waals surface area contributed by atoms with Crippen molar-refractivity contribution in [1.29, 1.82) is 0 Å².